The first kappa shape index (κ1) is 14.4. The molecular weight excluding hydrogens is 243 g/mol. The highest BCUT2D eigenvalue weighted by Gasteiger charge is 2.32. The van der Waals surface area contributed by atoms with Crippen LogP contribution in [0, 0.1) is 12.7 Å². The molecule has 1 saturated heterocycles. The molecule has 0 bridgehead atoms. The average Bonchev–Trinajstić information content (AvgIpc) is 2.33. The summed E-state index contributed by atoms with van der Waals surface area (Å²) in [7, 11) is 0. The van der Waals surface area contributed by atoms with Gasteiger partial charge in [0.2, 0.25) is 0 Å². The van der Waals surface area contributed by atoms with Gasteiger partial charge in [0, 0.05) is 25.2 Å². The van der Waals surface area contributed by atoms with Crippen molar-refractivity contribution in [3.05, 3.63) is 35.1 Å². The van der Waals surface area contributed by atoms with Gasteiger partial charge in [-0.05, 0) is 26.8 Å². The minimum atomic E-state index is -0.202. The van der Waals surface area contributed by atoms with E-state index in [9.17, 15) is 4.39 Å². The Bertz CT molecular complexity index is 448. The molecule has 0 saturated carbocycles. The smallest absolute Gasteiger partial charge is 0.128 e. The summed E-state index contributed by atoms with van der Waals surface area (Å²) in [6.07, 6.45) is 0. The van der Waals surface area contributed by atoms with Gasteiger partial charge in [-0.2, -0.15) is 0 Å². The number of aryl methyl sites for hydroxylation is 1. The van der Waals surface area contributed by atoms with Crippen molar-refractivity contribution < 1.29 is 9.13 Å². The van der Waals surface area contributed by atoms with Crippen molar-refractivity contribution in [1.82, 2.24) is 4.90 Å². The van der Waals surface area contributed by atoms with E-state index in [0.29, 0.717) is 18.7 Å². The monoisotopic (exact) mass is 266 g/mol. The van der Waals surface area contributed by atoms with Crippen LogP contribution in [-0.2, 0) is 4.74 Å². The molecule has 1 aliphatic heterocycles. The molecule has 1 aromatic carbocycles. The lowest BCUT2D eigenvalue weighted by Gasteiger charge is -2.42. The third-order valence-corrected chi connectivity index (χ3v) is 3.63. The molecule has 4 heteroatoms. The van der Waals surface area contributed by atoms with Crippen LogP contribution in [0.1, 0.15) is 31.0 Å². The van der Waals surface area contributed by atoms with Crippen molar-refractivity contribution in [3.8, 4) is 0 Å². The number of hydrogen-bond acceptors (Lipinski definition) is 3. The van der Waals surface area contributed by atoms with Gasteiger partial charge in [0.15, 0.2) is 0 Å². The summed E-state index contributed by atoms with van der Waals surface area (Å²) in [4.78, 5) is 2.22. The van der Waals surface area contributed by atoms with Crippen molar-refractivity contribution in [3.63, 3.8) is 0 Å². The third-order valence-electron chi connectivity index (χ3n) is 3.63. The second-order valence-electron chi connectivity index (χ2n) is 5.86. The van der Waals surface area contributed by atoms with E-state index in [4.69, 9.17) is 10.5 Å². The standard InChI is InChI=1S/C15H23FN2O/c1-11-4-5-13(16)12(8-11)14(9-17)18-6-7-19-15(2,3)10-18/h4-5,8,14H,6-7,9-10,17H2,1-3H3. The lowest BCUT2D eigenvalue weighted by molar-refractivity contribution is -0.0970. The Kier molecular flexibility index (Phi) is 4.23. The number of rotatable bonds is 3. The Morgan fingerprint density at radius 2 is 2.21 bits per heavy atom. The van der Waals surface area contributed by atoms with E-state index in [1.807, 2.05) is 13.0 Å². The highest BCUT2D eigenvalue weighted by Crippen LogP contribution is 2.28. The number of hydrogen-bond donors (Lipinski definition) is 1. The largest absolute Gasteiger partial charge is 0.373 e. The van der Waals surface area contributed by atoms with Gasteiger partial charge in [-0.3, -0.25) is 4.90 Å². The summed E-state index contributed by atoms with van der Waals surface area (Å²) in [5, 5.41) is 0. The first-order chi connectivity index (χ1) is 8.93. The Morgan fingerprint density at radius 3 is 2.84 bits per heavy atom. The van der Waals surface area contributed by atoms with Gasteiger partial charge in [-0.25, -0.2) is 4.39 Å². The lowest BCUT2D eigenvalue weighted by atomic mass is 9.99. The number of nitrogens with zero attached hydrogens (tertiary/aromatic N) is 1. The fraction of sp³-hybridized carbons (Fsp3) is 0.600. The van der Waals surface area contributed by atoms with Gasteiger partial charge in [-0.1, -0.05) is 17.7 Å². The molecule has 2 N–H and O–H groups in total. The Morgan fingerprint density at radius 1 is 1.47 bits per heavy atom. The molecule has 1 heterocycles. The van der Waals surface area contributed by atoms with E-state index >= 15 is 0 Å². The van der Waals surface area contributed by atoms with Crippen LogP contribution in [0.15, 0.2) is 18.2 Å². The molecule has 0 amide bonds. The second kappa shape index (κ2) is 5.57. The molecule has 0 radical (unpaired) electrons. The van der Waals surface area contributed by atoms with Gasteiger partial charge < -0.3 is 10.5 Å². The van der Waals surface area contributed by atoms with Gasteiger partial charge in [0.25, 0.3) is 0 Å². The fourth-order valence-corrected chi connectivity index (χ4v) is 2.71. The van der Waals surface area contributed by atoms with Crippen LogP contribution in [0.4, 0.5) is 4.39 Å². The number of nitrogens with two attached hydrogens (primary N) is 1. The number of halogens is 1. The summed E-state index contributed by atoms with van der Waals surface area (Å²) >= 11 is 0. The molecule has 19 heavy (non-hydrogen) atoms. The van der Waals surface area contributed by atoms with Gasteiger partial charge in [0.05, 0.1) is 18.2 Å². The van der Waals surface area contributed by atoms with E-state index < -0.39 is 0 Å². The van der Waals surface area contributed by atoms with Crippen LogP contribution in [0.2, 0.25) is 0 Å². The van der Waals surface area contributed by atoms with Crippen LogP contribution < -0.4 is 5.73 Å². The Hall–Kier alpha value is -0.970. The fourth-order valence-electron chi connectivity index (χ4n) is 2.71. The zero-order valence-electron chi connectivity index (χ0n) is 11.9. The predicted molar refractivity (Wildman–Crippen MR) is 74.5 cm³/mol. The van der Waals surface area contributed by atoms with Crippen LogP contribution >= 0.6 is 0 Å². The molecule has 1 unspecified atom stereocenters. The Labute approximate surface area is 114 Å². The van der Waals surface area contributed by atoms with Gasteiger partial charge >= 0.3 is 0 Å². The summed E-state index contributed by atoms with van der Waals surface area (Å²) in [5.41, 5.74) is 7.44. The summed E-state index contributed by atoms with van der Waals surface area (Å²) < 4.78 is 19.7. The van der Waals surface area contributed by atoms with Gasteiger partial charge in [0.1, 0.15) is 5.82 Å². The van der Waals surface area contributed by atoms with E-state index in [0.717, 1.165) is 18.7 Å². The van der Waals surface area contributed by atoms with Gasteiger partial charge in [-0.15, -0.1) is 0 Å². The molecule has 0 aliphatic carbocycles. The zero-order valence-corrected chi connectivity index (χ0v) is 11.9. The van der Waals surface area contributed by atoms with Crippen molar-refractivity contribution in [2.45, 2.75) is 32.4 Å². The highest BCUT2D eigenvalue weighted by atomic mass is 19.1. The number of benzene rings is 1. The molecule has 0 spiro atoms. The average molecular weight is 266 g/mol. The number of ether oxygens (including phenoxy) is 1. The number of morpholine rings is 1. The maximum Gasteiger partial charge on any atom is 0.128 e. The summed E-state index contributed by atoms with van der Waals surface area (Å²) in [6.45, 7) is 8.72. The van der Waals surface area contributed by atoms with E-state index in [1.165, 1.54) is 6.07 Å². The Balaban J connectivity index is 2.26. The SMILES string of the molecule is Cc1ccc(F)c(C(CN)N2CCOC(C)(C)C2)c1. The normalized spacial score (nSPS) is 21.3. The van der Waals surface area contributed by atoms with Crippen molar-refractivity contribution in [1.29, 1.82) is 0 Å². The molecule has 1 atom stereocenters. The lowest BCUT2D eigenvalue weighted by Crippen LogP contribution is -2.50. The molecule has 0 aromatic heterocycles. The molecule has 1 aromatic rings. The molecule has 3 nitrogen and oxygen atoms in total. The first-order valence-electron chi connectivity index (χ1n) is 6.77. The molecule has 2 rings (SSSR count). The minimum Gasteiger partial charge on any atom is -0.373 e. The highest BCUT2D eigenvalue weighted by molar-refractivity contribution is 5.27. The van der Waals surface area contributed by atoms with E-state index in [1.54, 1.807) is 6.07 Å². The summed E-state index contributed by atoms with van der Waals surface area (Å²) in [6, 6.07) is 5.13. The van der Waals surface area contributed by atoms with Crippen molar-refractivity contribution >= 4 is 0 Å². The van der Waals surface area contributed by atoms with Crippen LogP contribution in [-0.4, -0.2) is 36.7 Å². The van der Waals surface area contributed by atoms with Crippen LogP contribution in [0.5, 0.6) is 0 Å². The predicted octanol–water partition coefficient (Wildman–Crippen LogP) is 2.24. The second-order valence-corrected chi connectivity index (χ2v) is 5.86. The third kappa shape index (κ3) is 3.32. The first-order valence-corrected chi connectivity index (χ1v) is 6.77. The van der Waals surface area contributed by atoms with Crippen molar-refractivity contribution in [2.75, 3.05) is 26.2 Å². The molecule has 1 aliphatic rings. The van der Waals surface area contributed by atoms with Crippen LogP contribution in [0.3, 0.4) is 0 Å². The van der Waals surface area contributed by atoms with E-state index in [2.05, 4.69) is 18.7 Å². The van der Waals surface area contributed by atoms with E-state index in [-0.39, 0.29) is 17.5 Å². The maximum atomic E-state index is 14.0. The van der Waals surface area contributed by atoms with Crippen molar-refractivity contribution in [2.24, 2.45) is 5.73 Å². The molecule has 1 fully saturated rings. The maximum absolute atomic E-state index is 14.0. The minimum absolute atomic E-state index is 0.0805. The molecule has 106 valence electrons. The molecular formula is C15H23FN2O. The topological polar surface area (TPSA) is 38.5 Å². The summed E-state index contributed by atoms with van der Waals surface area (Å²) in [5.74, 6) is -0.176. The zero-order chi connectivity index (χ0) is 14.0. The quantitative estimate of drug-likeness (QED) is 0.912. The van der Waals surface area contributed by atoms with Crippen LogP contribution in [0.25, 0.3) is 0 Å².